The number of aliphatic hydroxyl groups excluding tert-OH is 1. The van der Waals surface area contributed by atoms with Gasteiger partial charge < -0.3 is 5.11 Å². The molecule has 0 amide bonds. The highest BCUT2D eigenvalue weighted by molar-refractivity contribution is 9.13. The number of hydrogen-bond acceptors (Lipinski definition) is 1. The molecule has 1 N–H and O–H groups in total. The van der Waals surface area contributed by atoms with E-state index in [1.165, 1.54) is 12.1 Å². The van der Waals surface area contributed by atoms with Crippen molar-refractivity contribution in [2.75, 3.05) is 0 Å². The Morgan fingerprint density at radius 3 is 2.64 bits per heavy atom. The first-order valence-corrected chi connectivity index (χ1v) is 5.60. The third-order valence-corrected chi connectivity index (χ3v) is 3.80. The van der Waals surface area contributed by atoms with Crippen LogP contribution in [0.5, 0.6) is 0 Å². The van der Waals surface area contributed by atoms with Gasteiger partial charge in [-0.3, -0.25) is 0 Å². The van der Waals surface area contributed by atoms with Crippen LogP contribution < -0.4 is 0 Å². The summed E-state index contributed by atoms with van der Waals surface area (Å²) in [5, 5.41) is 9.63. The number of rotatable bonds is 2. The van der Waals surface area contributed by atoms with Gasteiger partial charge in [-0.25, -0.2) is 4.39 Å². The highest BCUT2D eigenvalue weighted by Crippen LogP contribution is 2.33. The van der Waals surface area contributed by atoms with Gasteiger partial charge in [-0.15, -0.1) is 0 Å². The smallest absolute Gasteiger partial charge is 0.130 e. The molecule has 1 atom stereocenters. The monoisotopic (exact) mass is 322 g/mol. The first kappa shape index (κ1) is 11.9. The van der Waals surface area contributed by atoms with Crippen LogP contribution in [0.15, 0.2) is 33.2 Å². The minimum Gasteiger partial charge on any atom is -0.384 e. The molecule has 14 heavy (non-hydrogen) atoms. The molecule has 0 fully saturated rings. The van der Waals surface area contributed by atoms with Crippen LogP contribution in [0.4, 0.5) is 4.39 Å². The van der Waals surface area contributed by atoms with Crippen molar-refractivity contribution >= 4 is 31.9 Å². The zero-order chi connectivity index (χ0) is 10.7. The largest absolute Gasteiger partial charge is 0.384 e. The summed E-state index contributed by atoms with van der Waals surface area (Å²) in [6, 6.07) is 2.90. The van der Waals surface area contributed by atoms with Crippen molar-refractivity contribution in [3.63, 3.8) is 0 Å². The predicted octanol–water partition coefficient (Wildman–Crippen LogP) is 3.96. The molecule has 4 heteroatoms. The fraction of sp³-hybridized carbons (Fsp3) is 0.200. The van der Waals surface area contributed by atoms with Crippen LogP contribution in [0.1, 0.15) is 18.6 Å². The van der Waals surface area contributed by atoms with Crippen molar-refractivity contribution in [1.29, 1.82) is 0 Å². The molecule has 0 aliphatic rings. The normalized spacial score (nSPS) is 13.5. The summed E-state index contributed by atoms with van der Waals surface area (Å²) in [5.41, 5.74) is 0.248. The molecule has 0 saturated heterocycles. The second-order valence-corrected chi connectivity index (χ2v) is 4.37. The highest BCUT2D eigenvalue weighted by Gasteiger charge is 2.15. The SMILES string of the molecule is C/C=C/C(O)c1c(F)ccc(Br)c1Br. The van der Waals surface area contributed by atoms with Gasteiger partial charge in [0.25, 0.3) is 0 Å². The number of benzene rings is 1. The van der Waals surface area contributed by atoms with E-state index in [0.717, 1.165) is 4.47 Å². The average Bonchev–Trinajstić information content (AvgIpc) is 2.13. The number of hydrogen-bond donors (Lipinski definition) is 1. The fourth-order valence-electron chi connectivity index (χ4n) is 1.09. The molecule has 0 spiro atoms. The van der Waals surface area contributed by atoms with E-state index in [9.17, 15) is 9.50 Å². The first-order chi connectivity index (χ1) is 6.57. The summed E-state index contributed by atoms with van der Waals surface area (Å²) in [6.07, 6.45) is 2.28. The lowest BCUT2D eigenvalue weighted by Gasteiger charge is -2.11. The molecule has 0 aliphatic carbocycles. The zero-order valence-electron chi connectivity index (χ0n) is 7.47. The summed E-state index contributed by atoms with van der Waals surface area (Å²) in [5.74, 6) is -0.425. The molecule has 1 aromatic rings. The maximum atomic E-state index is 13.4. The Hall–Kier alpha value is -0.190. The third-order valence-electron chi connectivity index (χ3n) is 1.75. The van der Waals surface area contributed by atoms with E-state index in [1.807, 2.05) is 0 Å². The summed E-state index contributed by atoms with van der Waals surface area (Å²) < 4.78 is 14.6. The van der Waals surface area contributed by atoms with Crippen LogP contribution in [0.3, 0.4) is 0 Å². The van der Waals surface area contributed by atoms with E-state index in [4.69, 9.17) is 0 Å². The molecule has 1 rings (SSSR count). The van der Waals surface area contributed by atoms with Gasteiger partial charge in [0.1, 0.15) is 11.9 Å². The molecular weight excluding hydrogens is 315 g/mol. The minimum absolute atomic E-state index is 0.248. The second kappa shape index (κ2) is 5.05. The van der Waals surface area contributed by atoms with Crippen LogP contribution in [0.25, 0.3) is 0 Å². The Labute approximate surface area is 98.9 Å². The maximum absolute atomic E-state index is 13.4. The van der Waals surface area contributed by atoms with Gasteiger partial charge in [0.15, 0.2) is 0 Å². The van der Waals surface area contributed by atoms with Gasteiger partial charge in [0.2, 0.25) is 0 Å². The standard InChI is InChI=1S/C10H9Br2FO/c1-2-3-8(14)9-7(13)5-4-6(11)10(9)12/h2-5,8,14H,1H3/b3-2+. The Bertz CT molecular complexity index is 363. The Kier molecular flexibility index (Phi) is 4.29. The molecule has 1 nitrogen and oxygen atoms in total. The Morgan fingerprint density at radius 1 is 1.43 bits per heavy atom. The van der Waals surface area contributed by atoms with Crippen molar-refractivity contribution in [3.05, 3.63) is 44.6 Å². The molecule has 0 saturated carbocycles. The van der Waals surface area contributed by atoms with Crippen LogP contribution in [0, 0.1) is 5.82 Å². The molecule has 1 aromatic carbocycles. The summed E-state index contributed by atoms with van der Waals surface area (Å²) in [7, 11) is 0. The van der Waals surface area contributed by atoms with Gasteiger partial charge in [-0.2, -0.15) is 0 Å². The molecule has 0 heterocycles. The lowest BCUT2D eigenvalue weighted by Crippen LogP contribution is -1.99. The number of aliphatic hydroxyl groups is 1. The van der Waals surface area contributed by atoms with Crippen molar-refractivity contribution in [3.8, 4) is 0 Å². The van der Waals surface area contributed by atoms with E-state index in [1.54, 1.807) is 19.1 Å². The van der Waals surface area contributed by atoms with Gasteiger partial charge >= 0.3 is 0 Å². The topological polar surface area (TPSA) is 20.2 Å². The Morgan fingerprint density at radius 2 is 2.07 bits per heavy atom. The fourth-order valence-corrected chi connectivity index (χ4v) is 1.99. The quantitative estimate of drug-likeness (QED) is 0.645. The highest BCUT2D eigenvalue weighted by atomic mass is 79.9. The van der Waals surface area contributed by atoms with E-state index in [-0.39, 0.29) is 5.56 Å². The minimum atomic E-state index is -0.924. The molecular formula is C10H9Br2FO. The van der Waals surface area contributed by atoms with Gasteiger partial charge in [-0.05, 0) is 50.9 Å². The van der Waals surface area contributed by atoms with Crippen molar-refractivity contribution in [2.24, 2.45) is 0 Å². The predicted molar refractivity (Wildman–Crippen MR) is 61.6 cm³/mol. The summed E-state index contributed by atoms with van der Waals surface area (Å²) in [6.45, 7) is 1.77. The van der Waals surface area contributed by atoms with E-state index in [2.05, 4.69) is 31.9 Å². The first-order valence-electron chi connectivity index (χ1n) is 4.02. The van der Waals surface area contributed by atoms with Crippen molar-refractivity contribution in [2.45, 2.75) is 13.0 Å². The molecule has 0 radical (unpaired) electrons. The maximum Gasteiger partial charge on any atom is 0.130 e. The van der Waals surface area contributed by atoms with E-state index < -0.39 is 11.9 Å². The number of halogens is 3. The van der Waals surface area contributed by atoms with Gasteiger partial charge in [-0.1, -0.05) is 12.2 Å². The molecule has 0 aromatic heterocycles. The van der Waals surface area contributed by atoms with Gasteiger partial charge in [0.05, 0.1) is 0 Å². The lowest BCUT2D eigenvalue weighted by atomic mass is 10.1. The molecule has 1 unspecified atom stereocenters. The molecule has 0 bridgehead atoms. The van der Waals surface area contributed by atoms with Crippen molar-refractivity contribution < 1.29 is 9.50 Å². The van der Waals surface area contributed by atoms with E-state index >= 15 is 0 Å². The lowest BCUT2D eigenvalue weighted by molar-refractivity contribution is 0.222. The molecule has 76 valence electrons. The molecule has 0 aliphatic heterocycles. The Balaban J connectivity index is 3.24. The van der Waals surface area contributed by atoms with Gasteiger partial charge in [0, 0.05) is 14.5 Å². The summed E-state index contributed by atoms with van der Waals surface area (Å²) in [4.78, 5) is 0. The van der Waals surface area contributed by atoms with E-state index in [0.29, 0.717) is 4.47 Å². The van der Waals surface area contributed by atoms with Crippen LogP contribution >= 0.6 is 31.9 Å². The van der Waals surface area contributed by atoms with Crippen LogP contribution in [-0.2, 0) is 0 Å². The zero-order valence-corrected chi connectivity index (χ0v) is 10.6. The third kappa shape index (κ3) is 2.43. The number of allylic oxidation sites excluding steroid dienone is 1. The second-order valence-electron chi connectivity index (χ2n) is 2.73. The summed E-state index contributed by atoms with van der Waals surface area (Å²) >= 11 is 6.47. The average molecular weight is 324 g/mol. The van der Waals surface area contributed by atoms with Crippen LogP contribution in [-0.4, -0.2) is 5.11 Å². The van der Waals surface area contributed by atoms with Crippen molar-refractivity contribution in [1.82, 2.24) is 0 Å². The van der Waals surface area contributed by atoms with Crippen LogP contribution in [0.2, 0.25) is 0 Å².